The highest BCUT2D eigenvalue weighted by Crippen LogP contribution is 2.36. The number of rotatable bonds is 4. The first-order chi connectivity index (χ1) is 8.36. The summed E-state index contributed by atoms with van der Waals surface area (Å²) in [7, 11) is 1.21. The van der Waals surface area contributed by atoms with Crippen molar-refractivity contribution in [3.05, 3.63) is 32.3 Å². The van der Waals surface area contributed by atoms with Crippen molar-refractivity contribution >= 4 is 27.6 Å². The molecule has 0 fully saturated rings. The van der Waals surface area contributed by atoms with Crippen LogP contribution in [-0.2, 0) is 9.53 Å². The van der Waals surface area contributed by atoms with Crippen LogP contribution in [0, 0.1) is 10.1 Å². The summed E-state index contributed by atoms with van der Waals surface area (Å²) >= 11 is 3.08. The van der Waals surface area contributed by atoms with Gasteiger partial charge in [0.25, 0.3) is 0 Å². The second-order valence-electron chi connectivity index (χ2n) is 3.51. The van der Waals surface area contributed by atoms with Crippen LogP contribution in [0.25, 0.3) is 0 Å². The maximum absolute atomic E-state index is 11.1. The van der Waals surface area contributed by atoms with Crippen molar-refractivity contribution < 1.29 is 19.6 Å². The molecule has 0 radical (unpaired) electrons. The maximum atomic E-state index is 11.1. The predicted molar refractivity (Wildman–Crippen MR) is 66.0 cm³/mol. The molecule has 0 amide bonds. The van der Waals surface area contributed by atoms with Crippen LogP contribution < -0.4 is 5.73 Å². The number of nitrogens with two attached hydrogens (primary N) is 1. The Balaban J connectivity index is 3.16. The summed E-state index contributed by atoms with van der Waals surface area (Å²) in [5.74, 6) is -1.11. The lowest BCUT2D eigenvalue weighted by Crippen LogP contribution is -2.16. The van der Waals surface area contributed by atoms with Crippen molar-refractivity contribution in [1.29, 1.82) is 0 Å². The van der Waals surface area contributed by atoms with Crippen LogP contribution in [-0.4, -0.2) is 23.1 Å². The Labute approximate surface area is 111 Å². The number of nitro benzene ring substituents is 1. The number of carbonyl (C=O) groups excluding carboxylic acids is 1. The van der Waals surface area contributed by atoms with E-state index < -0.39 is 28.4 Å². The topological polar surface area (TPSA) is 116 Å². The molecule has 0 heterocycles. The molecule has 0 unspecified atom stereocenters. The Bertz CT molecular complexity index is 491. The van der Waals surface area contributed by atoms with Crippen molar-refractivity contribution in [1.82, 2.24) is 0 Å². The van der Waals surface area contributed by atoms with Crippen molar-refractivity contribution in [2.45, 2.75) is 12.5 Å². The lowest BCUT2D eigenvalue weighted by molar-refractivity contribution is -0.386. The van der Waals surface area contributed by atoms with Crippen LogP contribution >= 0.6 is 15.9 Å². The highest BCUT2D eigenvalue weighted by molar-refractivity contribution is 9.10. The number of methoxy groups -OCH3 is 1. The van der Waals surface area contributed by atoms with Gasteiger partial charge in [0.2, 0.25) is 0 Å². The smallest absolute Gasteiger partial charge is 0.312 e. The number of halogens is 1. The number of aromatic hydroxyl groups is 1. The van der Waals surface area contributed by atoms with Gasteiger partial charge in [0, 0.05) is 22.1 Å². The molecule has 1 aromatic carbocycles. The van der Waals surface area contributed by atoms with Gasteiger partial charge < -0.3 is 15.6 Å². The molecular formula is C10H11BrN2O5. The van der Waals surface area contributed by atoms with Crippen molar-refractivity contribution in [3.8, 4) is 5.75 Å². The molecule has 0 spiro atoms. The second-order valence-corrected chi connectivity index (χ2v) is 4.42. The minimum absolute atomic E-state index is 0.112. The van der Waals surface area contributed by atoms with E-state index in [0.29, 0.717) is 4.47 Å². The van der Waals surface area contributed by atoms with E-state index in [4.69, 9.17) is 5.73 Å². The summed E-state index contributed by atoms with van der Waals surface area (Å²) in [6.45, 7) is 0. The van der Waals surface area contributed by atoms with Crippen molar-refractivity contribution in [2.24, 2.45) is 5.73 Å². The molecule has 0 saturated heterocycles. The largest absolute Gasteiger partial charge is 0.502 e. The standard InChI is InChI=1S/C10H11BrN2O5/c1-18-9(14)4-7(12)6-2-5(11)3-8(10(6)15)13(16)17/h2-3,7,15H,4,12H2,1H3/t7-/m0/s1. The average Bonchev–Trinajstić information content (AvgIpc) is 2.30. The zero-order chi connectivity index (χ0) is 13.9. The average molecular weight is 319 g/mol. The monoisotopic (exact) mass is 318 g/mol. The first-order valence-electron chi connectivity index (χ1n) is 4.86. The molecule has 1 aromatic rings. The molecule has 0 aliphatic rings. The quantitative estimate of drug-likeness (QED) is 0.495. The van der Waals surface area contributed by atoms with E-state index >= 15 is 0 Å². The van der Waals surface area contributed by atoms with Crippen LogP contribution in [0.2, 0.25) is 0 Å². The fourth-order valence-electron chi connectivity index (χ4n) is 1.40. The van der Waals surface area contributed by atoms with Gasteiger partial charge in [-0.05, 0) is 6.07 Å². The third kappa shape index (κ3) is 3.17. The lowest BCUT2D eigenvalue weighted by Gasteiger charge is -2.12. The molecule has 8 heteroatoms. The van der Waals surface area contributed by atoms with Gasteiger partial charge in [0.1, 0.15) is 0 Å². The van der Waals surface area contributed by atoms with E-state index in [1.54, 1.807) is 0 Å². The highest BCUT2D eigenvalue weighted by Gasteiger charge is 2.23. The van der Waals surface area contributed by atoms with Gasteiger partial charge >= 0.3 is 11.7 Å². The van der Waals surface area contributed by atoms with E-state index in [9.17, 15) is 20.0 Å². The van der Waals surface area contributed by atoms with Gasteiger partial charge in [0.05, 0.1) is 18.5 Å². The van der Waals surface area contributed by atoms with Gasteiger partial charge in [-0.3, -0.25) is 14.9 Å². The summed E-state index contributed by atoms with van der Waals surface area (Å²) in [5.41, 5.74) is 5.35. The Morgan fingerprint density at radius 2 is 2.28 bits per heavy atom. The zero-order valence-electron chi connectivity index (χ0n) is 9.42. The lowest BCUT2D eigenvalue weighted by atomic mass is 10.0. The minimum Gasteiger partial charge on any atom is -0.502 e. The number of hydrogen-bond acceptors (Lipinski definition) is 6. The number of nitro groups is 1. The number of phenolic OH excluding ortho intramolecular Hbond substituents is 1. The normalized spacial score (nSPS) is 11.9. The van der Waals surface area contributed by atoms with Crippen LogP contribution in [0.15, 0.2) is 16.6 Å². The summed E-state index contributed by atoms with van der Waals surface area (Å²) in [4.78, 5) is 21.1. The summed E-state index contributed by atoms with van der Waals surface area (Å²) in [5, 5.41) is 20.5. The summed E-state index contributed by atoms with van der Waals surface area (Å²) in [6.07, 6.45) is -0.183. The fraction of sp³-hybridized carbons (Fsp3) is 0.300. The van der Waals surface area contributed by atoms with Crippen molar-refractivity contribution in [2.75, 3.05) is 7.11 Å². The van der Waals surface area contributed by atoms with Gasteiger partial charge in [-0.25, -0.2) is 0 Å². The first-order valence-corrected chi connectivity index (χ1v) is 5.65. The first kappa shape index (κ1) is 14.4. The number of carbonyl (C=O) groups is 1. The molecule has 0 aromatic heterocycles. The molecule has 0 bridgehead atoms. The number of hydrogen-bond donors (Lipinski definition) is 2. The van der Waals surface area contributed by atoms with Crippen molar-refractivity contribution in [3.63, 3.8) is 0 Å². The fourth-order valence-corrected chi connectivity index (χ4v) is 1.86. The van der Waals surface area contributed by atoms with Gasteiger partial charge in [-0.2, -0.15) is 0 Å². The van der Waals surface area contributed by atoms with E-state index in [1.807, 2.05) is 0 Å². The molecule has 3 N–H and O–H groups in total. The molecule has 0 aliphatic carbocycles. The minimum atomic E-state index is -0.881. The molecule has 0 saturated carbocycles. The van der Waals surface area contributed by atoms with Crippen LogP contribution in [0.1, 0.15) is 18.0 Å². The Morgan fingerprint density at radius 3 is 2.78 bits per heavy atom. The van der Waals surface area contributed by atoms with E-state index in [1.165, 1.54) is 13.2 Å². The Morgan fingerprint density at radius 1 is 1.67 bits per heavy atom. The van der Waals surface area contributed by atoms with Crippen LogP contribution in [0.4, 0.5) is 5.69 Å². The molecule has 0 aliphatic heterocycles. The van der Waals surface area contributed by atoms with Gasteiger partial charge in [-0.1, -0.05) is 15.9 Å². The molecule has 1 atom stereocenters. The summed E-state index contributed by atoms with van der Waals surface area (Å²) in [6, 6.07) is 1.70. The second kappa shape index (κ2) is 5.78. The van der Waals surface area contributed by atoms with E-state index in [0.717, 1.165) is 6.07 Å². The summed E-state index contributed by atoms with van der Waals surface area (Å²) < 4.78 is 4.84. The molecule has 18 heavy (non-hydrogen) atoms. The third-order valence-electron chi connectivity index (χ3n) is 2.29. The molecule has 7 nitrogen and oxygen atoms in total. The van der Waals surface area contributed by atoms with Gasteiger partial charge in [-0.15, -0.1) is 0 Å². The Hall–Kier alpha value is -1.67. The van der Waals surface area contributed by atoms with Crippen LogP contribution in [0.5, 0.6) is 5.75 Å². The van der Waals surface area contributed by atoms with Crippen LogP contribution in [0.3, 0.4) is 0 Å². The molecule has 1 rings (SSSR count). The van der Waals surface area contributed by atoms with Gasteiger partial charge in [0.15, 0.2) is 5.75 Å². The van der Waals surface area contributed by atoms with E-state index in [-0.39, 0.29) is 12.0 Å². The zero-order valence-corrected chi connectivity index (χ0v) is 11.0. The SMILES string of the molecule is COC(=O)C[C@H](N)c1cc(Br)cc([N+](=O)[O-])c1O. The number of phenols is 1. The number of ether oxygens (including phenoxy) is 1. The molecule has 98 valence electrons. The molecular weight excluding hydrogens is 308 g/mol. The maximum Gasteiger partial charge on any atom is 0.312 e. The predicted octanol–water partition coefficient (Wildman–Crippen LogP) is 1.63. The van der Waals surface area contributed by atoms with E-state index in [2.05, 4.69) is 20.7 Å². The highest BCUT2D eigenvalue weighted by atomic mass is 79.9. The number of esters is 1. The third-order valence-corrected chi connectivity index (χ3v) is 2.75. The Kier molecular flexibility index (Phi) is 4.62. The number of benzene rings is 1. The number of nitrogens with zero attached hydrogens (tertiary/aromatic N) is 1.